The first-order chi connectivity index (χ1) is 7.13. The summed E-state index contributed by atoms with van der Waals surface area (Å²) in [7, 11) is 0. The summed E-state index contributed by atoms with van der Waals surface area (Å²) < 4.78 is 0. The number of hydrogen-bond donors (Lipinski definition) is 2. The molecule has 0 radical (unpaired) electrons. The van der Waals surface area contributed by atoms with E-state index in [4.69, 9.17) is 11.5 Å². The lowest BCUT2D eigenvalue weighted by atomic mass is 10.1. The van der Waals surface area contributed by atoms with Crippen molar-refractivity contribution in [2.75, 3.05) is 19.6 Å². The number of primary amides is 1. The fourth-order valence-corrected chi connectivity index (χ4v) is 2.29. The molecule has 0 aromatic heterocycles. The molecule has 4 nitrogen and oxygen atoms in total. The average molecular weight is 213 g/mol. The normalized spacial score (nSPS) is 19.7. The summed E-state index contributed by atoms with van der Waals surface area (Å²) in [5, 5.41) is 0. The Morgan fingerprint density at radius 2 is 2.07 bits per heavy atom. The van der Waals surface area contributed by atoms with Gasteiger partial charge in [0.1, 0.15) is 0 Å². The number of amides is 1. The van der Waals surface area contributed by atoms with E-state index >= 15 is 0 Å². The van der Waals surface area contributed by atoms with Crippen LogP contribution in [0.1, 0.15) is 32.6 Å². The van der Waals surface area contributed by atoms with Crippen molar-refractivity contribution in [3.8, 4) is 0 Å². The third-order valence-corrected chi connectivity index (χ3v) is 3.15. The lowest BCUT2D eigenvalue weighted by Gasteiger charge is -2.29. The Kier molecular flexibility index (Phi) is 5.05. The van der Waals surface area contributed by atoms with Gasteiger partial charge in [0, 0.05) is 12.6 Å². The second-order valence-corrected chi connectivity index (χ2v) is 4.67. The maximum absolute atomic E-state index is 11.0. The zero-order valence-electron chi connectivity index (χ0n) is 9.61. The van der Waals surface area contributed by atoms with Crippen LogP contribution in [0.4, 0.5) is 0 Å². The fraction of sp³-hybridized carbons (Fsp3) is 0.909. The second-order valence-electron chi connectivity index (χ2n) is 4.67. The van der Waals surface area contributed by atoms with Gasteiger partial charge in [-0.2, -0.15) is 0 Å². The molecule has 1 aliphatic rings. The summed E-state index contributed by atoms with van der Waals surface area (Å²) in [6, 6.07) is 0.548. The molecule has 4 N–H and O–H groups in total. The van der Waals surface area contributed by atoms with Gasteiger partial charge in [0.15, 0.2) is 0 Å². The Balaban J connectivity index is 2.47. The van der Waals surface area contributed by atoms with Gasteiger partial charge in [-0.25, -0.2) is 0 Å². The molecule has 0 heterocycles. The molecular weight excluding hydrogens is 190 g/mol. The highest BCUT2D eigenvalue weighted by Gasteiger charge is 2.24. The van der Waals surface area contributed by atoms with Crippen LogP contribution < -0.4 is 11.5 Å². The van der Waals surface area contributed by atoms with E-state index in [0.29, 0.717) is 25.0 Å². The number of hydrogen-bond acceptors (Lipinski definition) is 3. The maximum atomic E-state index is 11.0. The third-order valence-electron chi connectivity index (χ3n) is 3.15. The van der Waals surface area contributed by atoms with Crippen LogP contribution in [0.2, 0.25) is 0 Å². The second kappa shape index (κ2) is 6.08. The van der Waals surface area contributed by atoms with Crippen LogP contribution >= 0.6 is 0 Å². The fourth-order valence-electron chi connectivity index (χ4n) is 2.29. The number of nitrogens with two attached hydrogens (primary N) is 2. The van der Waals surface area contributed by atoms with E-state index in [0.717, 1.165) is 6.54 Å². The van der Waals surface area contributed by atoms with Crippen molar-refractivity contribution in [3.63, 3.8) is 0 Å². The molecule has 0 aliphatic heterocycles. The van der Waals surface area contributed by atoms with Gasteiger partial charge < -0.3 is 11.5 Å². The summed E-state index contributed by atoms with van der Waals surface area (Å²) in [5.41, 5.74) is 10.9. The highest BCUT2D eigenvalue weighted by atomic mass is 16.1. The molecule has 0 spiro atoms. The zero-order valence-corrected chi connectivity index (χ0v) is 9.61. The molecule has 0 aromatic rings. The predicted octanol–water partition coefficient (Wildman–Crippen LogP) is 0.311. The average Bonchev–Trinajstić information content (AvgIpc) is 2.68. The van der Waals surface area contributed by atoms with Gasteiger partial charge >= 0.3 is 0 Å². The smallest absolute Gasteiger partial charge is 0.231 e. The third kappa shape index (κ3) is 4.18. The highest BCUT2D eigenvalue weighted by molar-refractivity contribution is 5.75. The molecule has 15 heavy (non-hydrogen) atoms. The standard InChI is InChI=1S/C11H23N3O/c1-9(6-12)7-14(8-11(13)15)10-4-2-3-5-10/h9-10H,2-8,12H2,1H3,(H2,13,15). The first kappa shape index (κ1) is 12.5. The molecule has 1 unspecified atom stereocenters. The van der Waals surface area contributed by atoms with Gasteiger partial charge in [-0.1, -0.05) is 19.8 Å². The van der Waals surface area contributed by atoms with Crippen LogP contribution in [0.15, 0.2) is 0 Å². The molecule has 1 aliphatic carbocycles. The molecule has 1 amide bonds. The van der Waals surface area contributed by atoms with Crippen molar-refractivity contribution in [1.82, 2.24) is 4.90 Å². The van der Waals surface area contributed by atoms with Crippen molar-refractivity contribution >= 4 is 5.91 Å². The minimum absolute atomic E-state index is 0.230. The molecule has 1 saturated carbocycles. The van der Waals surface area contributed by atoms with Gasteiger partial charge in [0.2, 0.25) is 5.91 Å². The molecule has 1 rings (SSSR count). The highest BCUT2D eigenvalue weighted by Crippen LogP contribution is 2.23. The van der Waals surface area contributed by atoms with Crippen molar-refractivity contribution in [1.29, 1.82) is 0 Å². The molecular formula is C11H23N3O. The van der Waals surface area contributed by atoms with Gasteiger partial charge in [-0.3, -0.25) is 9.69 Å². The van der Waals surface area contributed by atoms with E-state index in [1.807, 2.05) is 0 Å². The number of rotatable bonds is 6. The minimum Gasteiger partial charge on any atom is -0.369 e. The summed E-state index contributed by atoms with van der Waals surface area (Å²) in [4.78, 5) is 13.2. The molecule has 1 fully saturated rings. The largest absolute Gasteiger partial charge is 0.369 e. The van der Waals surface area contributed by atoms with E-state index in [1.54, 1.807) is 0 Å². The van der Waals surface area contributed by atoms with E-state index in [9.17, 15) is 4.79 Å². The molecule has 1 atom stereocenters. The Labute approximate surface area is 92.0 Å². The van der Waals surface area contributed by atoms with Crippen LogP contribution in [0.3, 0.4) is 0 Å². The molecule has 0 aromatic carbocycles. The van der Waals surface area contributed by atoms with E-state index in [-0.39, 0.29) is 5.91 Å². The number of carbonyl (C=O) groups excluding carboxylic acids is 1. The Hall–Kier alpha value is -0.610. The lowest BCUT2D eigenvalue weighted by molar-refractivity contribution is -0.119. The minimum atomic E-state index is -0.230. The van der Waals surface area contributed by atoms with E-state index in [2.05, 4.69) is 11.8 Å². The summed E-state index contributed by atoms with van der Waals surface area (Å²) in [6.45, 7) is 4.06. The molecule has 0 saturated heterocycles. The van der Waals surface area contributed by atoms with Crippen LogP contribution in [0.25, 0.3) is 0 Å². The summed E-state index contributed by atoms with van der Waals surface area (Å²) in [6.07, 6.45) is 4.95. The van der Waals surface area contributed by atoms with Crippen LogP contribution in [0, 0.1) is 5.92 Å². The first-order valence-electron chi connectivity index (χ1n) is 5.86. The monoisotopic (exact) mass is 213 g/mol. The van der Waals surface area contributed by atoms with Gasteiger partial charge in [0.05, 0.1) is 6.54 Å². The van der Waals surface area contributed by atoms with Crippen molar-refractivity contribution in [3.05, 3.63) is 0 Å². The van der Waals surface area contributed by atoms with Gasteiger partial charge in [0.25, 0.3) is 0 Å². The van der Waals surface area contributed by atoms with Crippen molar-refractivity contribution < 1.29 is 4.79 Å². The quantitative estimate of drug-likeness (QED) is 0.667. The van der Waals surface area contributed by atoms with Crippen LogP contribution in [0.5, 0.6) is 0 Å². The van der Waals surface area contributed by atoms with E-state index < -0.39 is 0 Å². The summed E-state index contributed by atoms with van der Waals surface area (Å²) in [5.74, 6) is 0.205. The number of nitrogens with zero attached hydrogens (tertiary/aromatic N) is 1. The molecule has 88 valence electrons. The Morgan fingerprint density at radius 1 is 1.47 bits per heavy atom. The van der Waals surface area contributed by atoms with Crippen LogP contribution in [-0.4, -0.2) is 36.5 Å². The molecule has 4 heteroatoms. The Morgan fingerprint density at radius 3 is 2.53 bits per heavy atom. The first-order valence-corrected chi connectivity index (χ1v) is 5.86. The topological polar surface area (TPSA) is 72.3 Å². The molecule has 0 bridgehead atoms. The van der Waals surface area contributed by atoms with Gasteiger partial charge in [-0.15, -0.1) is 0 Å². The lowest BCUT2D eigenvalue weighted by Crippen LogP contribution is -2.43. The maximum Gasteiger partial charge on any atom is 0.231 e. The van der Waals surface area contributed by atoms with Gasteiger partial charge in [-0.05, 0) is 25.3 Å². The Bertz CT molecular complexity index is 202. The SMILES string of the molecule is CC(CN)CN(CC(N)=O)C1CCCC1. The predicted molar refractivity (Wildman–Crippen MR) is 61.2 cm³/mol. The van der Waals surface area contributed by atoms with Crippen LogP contribution in [-0.2, 0) is 4.79 Å². The number of carbonyl (C=O) groups is 1. The zero-order chi connectivity index (χ0) is 11.3. The van der Waals surface area contributed by atoms with Crippen molar-refractivity contribution in [2.45, 2.75) is 38.6 Å². The summed E-state index contributed by atoms with van der Waals surface area (Å²) >= 11 is 0. The van der Waals surface area contributed by atoms with Crippen molar-refractivity contribution in [2.24, 2.45) is 17.4 Å². The van der Waals surface area contributed by atoms with E-state index in [1.165, 1.54) is 25.7 Å².